The van der Waals surface area contributed by atoms with E-state index in [-0.39, 0.29) is 6.04 Å². The molecule has 0 spiro atoms. The van der Waals surface area contributed by atoms with E-state index in [0.717, 1.165) is 43.4 Å². The third-order valence-electron chi connectivity index (χ3n) is 3.94. The van der Waals surface area contributed by atoms with Gasteiger partial charge in [0.15, 0.2) is 0 Å². The fraction of sp³-hybridized carbons (Fsp3) is 0.375. The molecule has 3 nitrogen and oxygen atoms in total. The number of aromatic hydroxyl groups is 1. The van der Waals surface area contributed by atoms with Crippen LogP contribution in [-0.4, -0.2) is 29.1 Å². The maximum absolute atomic E-state index is 10.1. The SMILES string of the molecule is NC1CCCN(Cc2c(O)ccc3ccccc23)C1. The number of hydrogen-bond donors (Lipinski definition) is 2. The van der Waals surface area contributed by atoms with Crippen molar-refractivity contribution >= 4 is 10.8 Å². The molecule has 3 N–H and O–H groups in total. The lowest BCUT2D eigenvalue weighted by molar-refractivity contribution is 0.200. The van der Waals surface area contributed by atoms with Crippen molar-refractivity contribution in [2.45, 2.75) is 25.4 Å². The Morgan fingerprint density at radius 1 is 1.21 bits per heavy atom. The van der Waals surface area contributed by atoms with Gasteiger partial charge in [-0.05, 0) is 36.2 Å². The van der Waals surface area contributed by atoms with Gasteiger partial charge in [0.05, 0.1) is 0 Å². The van der Waals surface area contributed by atoms with Crippen LogP contribution in [0.4, 0.5) is 0 Å². The van der Waals surface area contributed by atoms with Gasteiger partial charge in [-0.2, -0.15) is 0 Å². The Hall–Kier alpha value is -1.58. The van der Waals surface area contributed by atoms with Crippen LogP contribution < -0.4 is 5.73 Å². The maximum Gasteiger partial charge on any atom is 0.120 e. The van der Waals surface area contributed by atoms with E-state index in [1.54, 1.807) is 6.07 Å². The van der Waals surface area contributed by atoms with Crippen molar-refractivity contribution in [1.29, 1.82) is 0 Å². The molecule has 0 aromatic heterocycles. The molecule has 2 aromatic rings. The van der Waals surface area contributed by atoms with E-state index >= 15 is 0 Å². The zero-order valence-corrected chi connectivity index (χ0v) is 11.0. The van der Waals surface area contributed by atoms with Crippen molar-refractivity contribution in [1.82, 2.24) is 4.90 Å². The van der Waals surface area contributed by atoms with E-state index in [0.29, 0.717) is 5.75 Å². The molecule has 3 heteroatoms. The summed E-state index contributed by atoms with van der Waals surface area (Å²) < 4.78 is 0. The van der Waals surface area contributed by atoms with Gasteiger partial charge in [-0.1, -0.05) is 30.3 Å². The van der Waals surface area contributed by atoms with Gasteiger partial charge in [-0.25, -0.2) is 0 Å². The van der Waals surface area contributed by atoms with E-state index in [1.165, 1.54) is 5.39 Å². The third kappa shape index (κ3) is 2.57. The average molecular weight is 256 g/mol. The Morgan fingerprint density at radius 3 is 2.89 bits per heavy atom. The molecule has 1 atom stereocenters. The first-order chi connectivity index (χ1) is 9.24. The second-order valence-corrected chi connectivity index (χ2v) is 5.42. The zero-order chi connectivity index (χ0) is 13.2. The van der Waals surface area contributed by atoms with Crippen molar-refractivity contribution in [3.8, 4) is 5.75 Å². The lowest BCUT2D eigenvalue weighted by Gasteiger charge is -2.31. The van der Waals surface area contributed by atoms with E-state index in [9.17, 15) is 5.11 Å². The summed E-state index contributed by atoms with van der Waals surface area (Å²) in [5, 5.41) is 12.5. The van der Waals surface area contributed by atoms with Gasteiger partial charge < -0.3 is 10.8 Å². The Balaban J connectivity index is 1.93. The highest BCUT2D eigenvalue weighted by Gasteiger charge is 2.18. The summed E-state index contributed by atoms with van der Waals surface area (Å²) in [6.45, 7) is 2.76. The van der Waals surface area contributed by atoms with E-state index in [2.05, 4.69) is 17.0 Å². The summed E-state index contributed by atoms with van der Waals surface area (Å²) in [7, 11) is 0. The first kappa shape index (κ1) is 12.5. The number of likely N-dealkylation sites (tertiary alicyclic amines) is 1. The monoisotopic (exact) mass is 256 g/mol. The normalized spacial score (nSPS) is 20.8. The molecule has 0 aliphatic carbocycles. The van der Waals surface area contributed by atoms with Crippen LogP contribution in [0.25, 0.3) is 10.8 Å². The number of piperidine rings is 1. The molecule has 1 aliphatic heterocycles. The van der Waals surface area contributed by atoms with Crippen LogP contribution in [0.3, 0.4) is 0 Å². The standard InChI is InChI=1S/C16H20N2O/c17-13-5-3-9-18(10-13)11-15-14-6-2-1-4-12(14)7-8-16(15)19/h1-2,4,6-8,13,19H,3,5,9-11,17H2. The molecule has 3 rings (SSSR count). The molecule has 0 saturated carbocycles. The Labute approximate surface area is 113 Å². The molecule has 2 aromatic carbocycles. The number of benzene rings is 2. The van der Waals surface area contributed by atoms with Crippen molar-refractivity contribution in [3.05, 3.63) is 42.0 Å². The molecular formula is C16H20N2O. The largest absolute Gasteiger partial charge is 0.508 e. The van der Waals surface area contributed by atoms with Crippen LogP contribution in [0.15, 0.2) is 36.4 Å². The first-order valence-corrected chi connectivity index (χ1v) is 6.91. The van der Waals surface area contributed by atoms with Gasteiger partial charge in [0.25, 0.3) is 0 Å². The Kier molecular flexibility index (Phi) is 3.40. The van der Waals surface area contributed by atoms with E-state index in [1.807, 2.05) is 18.2 Å². The fourth-order valence-electron chi connectivity index (χ4n) is 2.95. The molecule has 1 fully saturated rings. The Morgan fingerprint density at radius 2 is 2.05 bits per heavy atom. The van der Waals surface area contributed by atoms with Crippen molar-refractivity contribution in [2.75, 3.05) is 13.1 Å². The summed E-state index contributed by atoms with van der Waals surface area (Å²) >= 11 is 0. The van der Waals surface area contributed by atoms with Gasteiger partial charge in [0.1, 0.15) is 5.75 Å². The molecule has 0 radical (unpaired) electrons. The van der Waals surface area contributed by atoms with Crippen LogP contribution in [0, 0.1) is 0 Å². The highest BCUT2D eigenvalue weighted by molar-refractivity contribution is 5.87. The van der Waals surface area contributed by atoms with Gasteiger partial charge >= 0.3 is 0 Å². The molecule has 0 amide bonds. The van der Waals surface area contributed by atoms with Crippen molar-refractivity contribution < 1.29 is 5.11 Å². The minimum Gasteiger partial charge on any atom is -0.508 e. The summed E-state index contributed by atoms with van der Waals surface area (Å²) in [5.74, 6) is 0.387. The number of phenols is 1. The predicted octanol–water partition coefficient (Wildman–Crippen LogP) is 2.47. The van der Waals surface area contributed by atoms with E-state index < -0.39 is 0 Å². The molecule has 1 saturated heterocycles. The second kappa shape index (κ2) is 5.19. The highest BCUT2D eigenvalue weighted by Crippen LogP contribution is 2.29. The molecule has 1 aliphatic rings. The van der Waals surface area contributed by atoms with Gasteiger partial charge in [0, 0.05) is 24.7 Å². The molecule has 19 heavy (non-hydrogen) atoms. The maximum atomic E-state index is 10.1. The molecule has 1 unspecified atom stereocenters. The molecular weight excluding hydrogens is 236 g/mol. The minimum absolute atomic E-state index is 0.269. The summed E-state index contributed by atoms with van der Waals surface area (Å²) in [4.78, 5) is 2.34. The molecule has 100 valence electrons. The predicted molar refractivity (Wildman–Crippen MR) is 78.1 cm³/mol. The van der Waals surface area contributed by atoms with Crippen molar-refractivity contribution in [2.24, 2.45) is 5.73 Å². The van der Waals surface area contributed by atoms with Crippen LogP contribution in [-0.2, 0) is 6.54 Å². The lowest BCUT2D eigenvalue weighted by atomic mass is 10.0. The van der Waals surface area contributed by atoms with Gasteiger partial charge in [-0.3, -0.25) is 4.90 Å². The smallest absolute Gasteiger partial charge is 0.120 e. The fourth-order valence-corrected chi connectivity index (χ4v) is 2.95. The quantitative estimate of drug-likeness (QED) is 0.868. The zero-order valence-electron chi connectivity index (χ0n) is 11.0. The first-order valence-electron chi connectivity index (χ1n) is 6.91. The number of rotatable bonds is 2. The third-order valence-corrected chi connectivity index (χ3v) is 3.94. The molecule has 1 heterocycles. The van der Waals surface area contributed by atoms with Gasteiger partial charge in [-0.15, -0.1) is 0 Å². The van der Waals surface area contributed by atoms with Crippen LogP contribution in [0.1, 0.15) is 18.4 Å². The summed E-state index contributed by atoms with van der Waals surface area (Å²) in [6, 6.07) is 12.2. The van der Waals surface area contributed by atoms with Crippen LogP contribution >= 0.6 is 0 Å². The molecule has 0 bridgehead atoms. The number of nitrogens with two attached hydrogens (primary N) is 1. The van der Waals surface area contributed by atoms with Crippen LogP contribution in [0.5, 0.6) is 5.75 Å². The second-order valence-electron chi connectivity index (χ2n) is 5.42. The lowest BCUT2D eigenvalue weighted by Crippen LogP contribution is -2.42. The number of nitrogens with zero attached hydrogens (tertiary/aromatic N) is 1. The average Bonchev–Trinajstić information content (AvgIpc) is 2.42. The topological polar surface area (TPSA) is 49.5 Å². The summed E-state index contributed by atoms with van der Waals surface area (Å²) in [5.41, 5.74) is 7.05. The summed E-state index contributed by atoms with van der Waals surface area (Å²) in [6.07, 6.45) is 2.25. The highest BCUT2D eigenvalue weighted by atomic mass is 16.3. The minimum atomic E-state index is 0.269. The Bertz CT molecular complexity index is 582. The van der Waals surface area contributed by atoms with Crippen molar-refractivity contribution in [3.63, 3.8) is 0 Å². The van der Waals surface area contributed by atoms with Crippen LogP contribution in [0.2, 0.25) is 0 Å². The number of hydrogen-bond acceptors (Lipinski definition) is 3. The van der Waals surface area contributed by atoms with Gasteiger partial charge in [0.2, 0.25) is 0 Å². The number of phenolic OH excluding ortho intramolecular Hbond substituents is 1. The number of fused-ring (bicyclic) bond motifs is 1. The van der Waals surface area contributed by atoms with E-state index in [4.69, 9.17) is 5.73 Å².